The summed E-state index contributed by atoms with van der Waals surface area (Å²) in [6.45, 7) is 3.79. The molecule has 3 aromatic rings. The van der Waals surface area contributed by atoms with Crippen molar-refractivity contribution in [2.75, 3.05) is 6.54 Å². The Balaban J connectivity index is 1.53. The Kier molecular flexibility index (Phi) is 5.68. The molecule has 1 aliphatic heterocycles. The molecule has 0 radical (unpaired) electrons. The lowest BCUT2D eigenvalue weighted by Gasteiger charge is -2.15. The zero-order valence-corrected chi connectivity index (χ0v) is 17.6. The predicted molar refractivity (Wildman–Crippen MR) is 116 cm³/mol. The molecular formula is C24H22FNO3S. The molecule has 0 saturated heterocycles. The lowest BCUT2D eigenvalue weighted by atomic mass is 9.95. The van der Waals surface area contributed by atoms with Crippen LogP contribution >= 0.6 is 11.3 Å². The van der Waals surface area contributed by atoms with E-state index < -0.39 is 5.82 Å². The molecule has 1 aliphatic rings. The largest absolute Gasteiger partial charge is 0.487 e. The summed E-state index contributed by atoms with van der Waals surface area (Å²) < 4.78 is 20.8. The number of hydrogen-bond acceptors (Lipinski definition) is 4. The van der Waals surface area contributed by atoms with Crippen LogP contribution in [0.2, 0.25) is 0 Å². The van der Waals surface area contributed by atoms with E-state index in [4.69, 9.17) is 4.74 Å². The number of rotatable bonds is 6. The van der Waals surface area contributed by atoms with E-state index in [-0.39, 0.29) is 17.8 Å². The highest BCUT2D eigenvalue weighted by Crippen LogP contribution is 2.41. The van der Waals surface area contributed by atoms with E-state index in [1.54, 1.807) is 17.4 Å². The van der Waals surface area contributed by atoms with Gasteiger partial charge in [-0.15, -0.1) is 0 Å². The van der Waals surface area contributed by atoms with E-state index in [0.29, 0.717) is 41.8 Å². The van der Waals surface area contributed by atoms with Gasteiger partial charge in [-0.1, -0.05) is 6.07 Å². The zero-order chi connectivity index (χ0) is 21.3. The Morgan fingerprint density at radius 2 is 2.03 bits per heavy atom. The van der Waals surface area contributed by atoms with Gasteiger partial charge in [0.2, 0.25) is 5.91 Å². The van der Waals surface area contributed by atoms with Crippen molar-refractivity contribution in [1.82, 2.24) is 5.32 Å². The second-order valence-corrected chi connectivity index (χ2v) is 8.39. The fourth-order valence-electron chi connectivity index (χ4n) is 3.73. The third-order valence-electron chi connectivity index (χ3n) is 5.18. The number of hydrogen-bond donors (Lipinski definition) is 1. The minimum Gasteiger partial charge on any atom is -0.487 e. The van der Waals surface area contributed by atoms with Crippen molar-refractivity contribution in [1.29, 1.82) is 0 Å². The Hall–Kier alpha value is -2.99. The van der Waals surface area contributed by atoms with Gasteiger partial charge in [-0.2, -0.15) is 11.3 Å². The smallest absolute Gasteiger partial charge is 0.224 e. The van der Waals surface area contributed by atoms with E-state index in [9.17, 15) is 14.0 Å². The summed E-state index contributed by atoms with van der Waals surface area (Å²) >= 11 is 1.56. The molecule has 0 unspecified atom stereocenters. The summed E-state index contributed by atoms with van der Waals surface area (Å²) in [6.07, 6.45) is 0.763. The summed E-state index contributed by atoms with van der Waals surface area (Å²) in [6, 6.07) is 10.2. The van der Waals surface area contributed by atoms with E-state index in [1.165, 1.54) is 19.1 Å². The molecule has 0 fully saturated rings. The average molecular weight is 424 g/mol. The van der Waals surface area contributed by atoms with Gasteiger partial charge >= 0.3 is 0 Å². The van der Waals surface area contributed by atoms with Crippen LogP contribution in [0.4, 0.5) is 4.39 Å². The molecule has 4 nitrogen and oxygen atoms in total. The van der Waals surface area contributed by atoms with Gasteiger partial charge in [0, 0.05) is 23.1 Å². The molecule has 0 bridgehead atoms. The lowest BCUT2D eigenvalue weighted by Crippen LogP contribution is -2.35. The van der Waals surface area contributed by atoms with Crippen LogP contribution in [-0.2, 0) is 17.6 Å². The fourth-order valence-corrected chi connectivity index (χ4v) is 4.39. The second-order valence-electron chi connectivity index (χ2n) is 7.61. The monoisotopic (exact) mass is 423 g/mol. The summed E-state index contributed by atoms with van der Waals surface area (Å²) in [5, 5.41) is 6.84. The number of nitrogens with one attached hydrogen (secondary N) is 1. The van der Waals surface area contributed by atoms with Gasteiger partial charge in [0.05, 0.1) is 13.0 Å². The van der Waals surface area contributed by atoms with E-state index in [1.807, 2.05) is 35.9 Å². The lowest BCUT2D eigenvalue weighted by molar-refractivity contribution is -0.120. The number of benzene rings is 2. The van der Waals surface area contributed by atoms with Gasteiger partial charge in [0.15, 0.2) is 5.78 Å². The number of fused-ring (bicyclic) bond motifs is 1. The minimum atomic E-state index is -0.399. The normalized spacial score (nSPS) is 14.8. The number of amides is 1. The van der Waals surface area contributed by atoms with Crippen LogP contribution in [0.5, 0.6) is 5.75 Å². The molecule has 0 saturated carbocycles. The number of Topliss-reactive ketones (excluding diaryl/α,β-unsaturated/α-hetero) is 1. The Morgan fingerprint density at radius 1 is 1.20 bits per heavy atom. The first-order valence-electron chi connectivity index (χ1n) is 9.79. The van der Waals surface area contributed by atoms with Crippen LogP contribution in [0.3, 0.4) is 0 Å². The highest BCUT2D eigenvalue weighted by atomic mass is 32.1. The van der Waals surface area contributed by atoms with E-state index >= 15 is 0 Å². The average Bonchev–Trinajstić information content (AvgIpc) is 3.35. The molecule has 1 aromatic heterocycles. The first-order valence-corrected chi connectivity index (χ1v) is 10.7. The van der Waals surface area contributed by atoms with Crippen LogP contribution in [0, 0.1) is 12.7 Å². The SMILES string of the molecule is CC(=O)c1ccc(F)c(-c2cc(C)cc3c2O[C@@H](CNC(=O)Cc2ccsc2)C3)c1. The van der Waals surface area contributed by atoms with Crippen LogP contribution in [0.15, 0.2) is 47.2 Å². The van der Waals surface area contributed by atoms with Crippen molar-refractivity contribution >= 4 is 23.0 Å². The fraction of sp³-hybridized carbons (Fsp3) is 0.250. The maximum atomic E-state index is 14.6. The van der Waals surface area contributed by atoms with E-state index in [2.05, 4.69) is 5.32 Å². The van der Waals surface area contributed by atoms with Gasteiger partial charge in [-0.05, 0) is 71.6 Å². The summed E-state index contributed by atoms with van der Waals surface area (Å²) in [4.78, 5) is 23.9. The van der Waals surface area contributed by atoms with Crippen LogP contribution in [-0.4, -0.2) is 24.3 Å². The predicted octanol–water partition coefficient (Wildman–Crippen LogP) is 4.73. The number of carbonyl (C=O) groups excluding carboxylic acids is 2. The molecule has 1 amide bonds. The van der Waals surface area contributed by atoms with Crippen LogP contribution in [0.25, 0.3) is 11.1 Å². The first-order chi connectivity index (χ1) is 14.4. The number of thiophene rings is 1. The number of ketones is 1. The Labute approximate surface area is 178 Å². The molecule has 30 heavy (non-hydrogen) atoms. The van der Waals surface area contributed by atoms with Crippen molar-refractivity contribution in [2.45, 2.75) is 32.8 Å². The maximum Gasteiger partial charge on any atom is 0.224 e. The number of aryl methyl sites for hydroxylation is 1. The van der Waals surface area contributed by atoms with Gasteiger partial charge in [-0.3, -0.25) is 9.59 Å². The third kappa shape index (κ3) is 4.28. The number of carbonyl (C=O) groups is 2. The van der Waals surface area contributed by atoms with Gasteiger partial charge < -0.3 is 10.1 Å². The quantitative estimate of drug-likeness (QED) is 0.584. The van der Waals surface area contributed by atoms with E-state index in [0.717, 1.165) is 16.7 Å². The maximum absolute atomic E-state index is 14.6. The van der Waals surface area contributed by atoms with Crippen molar-refractivity contribution in [3.63, 3.8) is 0 Å². The first kappa shape index (κ1) is 20.3. The van der Waals surface area contributed by atoms with Gasteiger partial charge in [0.1, 0.15) is 17.7 Å². The molecular weight excluding hydrogens is 401 g/mol. The molecule has 1 atom stereocenters. The topological polar surface area (TPSA) is 55.4 Å². The molecule has 2 aromatic carbocycles. The van der Waals surface area contributed by atoms with Crippen LogP contribution < -0.4 is 10.1 Å². The molecule has 2 heterocycles. The van der Waals surface area contributed by atoms with Crippen LogP contribution in [0.1, 0.15) is 34.0 Å². The van der Waals surface area contributed by atoms with Crippen molar-refractivity contribution < 1.29 is 18.7 Å². The number of ether oxygens (including phenoxy) is 1. The minimum absolute atomic E-state index is 0.0513. The molecule has 4 rings (SSSR count). The molecule has 0 aliphatic carbocycles. The third-order valence-corrected chi connectivity index (χ3v) is 5.91. The summed E-state index contributed by atoms with van der Waals surface area (Å²) in [5.74, 6) is 0.0541. The highest BCUT2D eigenvalue weighted by molar-refractivity contribution is 7.08. The summed E-state index contributed by atoms with van der Waals surface area (Å²) in [7, 11) is 0. The second kappa shape index (κ2) is 8.40. The van der Waals surface area contributed by atoms with Crippen molar-refractivity contribution in [3.8, 4) is 16.9 Å². The zero-order valence-electron chi connectivity index (χ0n) is 16.8. The Bertz CT molecular complexity index is 1110. The molecule has 0 spiro atoms. The number of halogens is 1. The van der Waals surface area contributed by atoms with Gasteiger partial charge in [-0.25, -0.2) is 4.39 Å². The van der Waals surface area contributed by atoms with Crippen molar-refractivity contribution in [3.05, 3.63) is 75.2 Å². The van der Waals surface area contributed by atoms with Gasteiger partial charge in [0.25, 0.3) is 0 Å². The summed E-state index contributed by atoms with van der Waals surface area (Å²) in [5.41, 5.74) is 4.41. The molecule has 6 heteroatoms. The standard InChI is InChI=1S/C24H22FNO3S/c1-14-7-18-10-19(12-26-23(28)9-16-5-6-30-13-16)29-24(18)21(8-14)20-11-17(15(2)27)3-4-22(20)25/h3-8,11,13,19H,9-10,12H2,1-2H3,(H,26,28)/t19-/m1/s1. The Morgan fingerprint density at radius 3 is 2.77 bits per heavy atom. The van der Waals surface area contributed by atoms with Crippen molar-refractivity contribution in [2.24, 2.45) is 0 Å². The molecule has 154 valence electrons. The molecule has 1 N–H and O–H groups in total. The highest BCUT2D eigenvalue weighted by Gasteiger charge is 2.28.